The van der Waals surface area contributed by atoms with Crippen LogP contribution in [0.3, 0.4) is 0 Å². The van der Waals surface area contributed by atoms with Crippen LogP contribution >= 0.6 is 11.7 Å². The lowest BCUT2D eigenvalue weighted by molar-refractivity contribution is 0.618. The van der Waals surface area contributed by atoms with Crippen LogP contribution in [-0.4, -0.2) is 15.8 Å². The summed E-state index contributed by atoms with van der Waals surface area (Å²) in [6.45, 7) is 0. The molecule has 0 bridgehead atoms. The lowest BCUT2D eigenvalue weighted by Gasteiger charge is -1.94. The van der Waals surface area contributed by atoms with Gasteiger partial charge in [0.2, 0.25) is 0 Å². The zero-order valence-corrected chi connectivity index (χ0v) is 9.71. The van der Waals surface area contributed by atoms with Crippen LogP contribution in [0.15, 0.2) is 28.7 Å². The first kappa shape index (κ1) is 10.2. The van der Waals surface area contributed by atoms with Gasteiger partial charge in [0, 0.05) is 12.4 Å². The Hall–Kier alpha value is -1.95. The van der Waals surface area contributed by atoms with Crippen LogP contribution in [0.25, 0.3) is 22.4 Å². The largest absolute Gasteiger partial charge is 0.454 e. The van der Waals surface area contributed by atoms with E-state index in [1.807, 2.05) is 0 Å². The lowest BCUT2D eigenvalue weighted by atomic mass is 10.2. The van der Waals surface area contributed by atoms with E-state index < -0.39 is 0 Å². The Morgan fingerprint density at radius 2 is 2.18 bits per heavy atom. The average molecular weight is 249 g/mol. The normalized spacial score (nSPS) is 10.9. The van der Waals surface area contributed by atoms with Crippen LogP contribution in [0.1, 0.15) is 0 Å². The van der Waals surface area contributed by atoms with Crippen LogP contribution in [-0.2, 0) is 0 Å². The van der Waals surface area contributed by atoms with E-state index in [0.717, 1.165) is 17.1 Å². The Kier molecular flexibility index (Phi) is 2.29. The van der Waals surface area contributed by atoms with Gasteiger partial charge in [0.1, 0.15) is 11.4 Å². The molecule has 0 unspecified atom stereocenters. The van der Waals surface area contributed by atoms with Crippen molar-refractivity contribution in [1.29, 1.82) is 0 Å². The molecule has 6 heteroatoms. The summed E-state index contributed by atoms with van der Waals surface area (Å²) in [5, 5.41) is 3.65. The molecule has 1 aromatic carbocycles. The number of hydrogen-bond acceptors (Lipinski definition) is 5. The average Bonchev–Trinajstić information content (AvgIpc) is 2.93. The van der Waals surface area contributed by atoms with E-state index in [1.54, 1.807) is 19.2 Å². The maximum Gasteiger partial charge on any atom is 0.171 e. The molecule has 0 saturated heterocycles. The Labute approximate surface area is 100 Å². The van der Waals surface area contributed by atoms with E-state index in [-0.39, 0.29) is 5.82 Å². The molecular formula is C11H8FN3OS. The Balaban J connectivity index is 2.18. The number of furan rings is 1. The fourth-order valence-electron chi connectivity index (χ4n) is 1.65. The zero-order chi connectivity index (χ0) is 11.8. The number of aromatic nitrogens is 2. The van der Waals surface area contributed by atoms with Crippen molar-refractivity contribution in [3.63, 3.8) is 0 Å². The molecule has 17 heavy (non-hydrogen) atoms. The highest BCUT2D eigenvalue weighted by molar-refractivity contribution is 6.99. The van der Waals surface area contributed by atoms with Crippen LogP contribution in [0.5, 0.6) is 0 Å². The molecule has 3 aromatic rings. The fraction of sp³-hybridized carbons (Fsp3) is 0.0909. The van der Waals surface area contributed by atoms with Crippen LogP contribution in [0.2, 0.25) is 0 Å². The highest BCUT2D eigenvalue weighted by atomic mass is 32.1. The third kappa shape index (κ3) is 1.66. The van der Waals surface area contributed by atoms with Crippen molar-refractivity contribution in [3.8, 4) is 11.5 Å². The van der Waals surface area contributed by atoms with Crippen molar-refractivity contribution < 1.29 is 8.81 Å². The van der Waals surface area contributed by atoms with E-state index in [9.17, 15) is 4.39 Å². The highest BCUT2D eigenvalue weighted by Crippen LogP contribution is 2.31. The first-order valence-corrected chi connectivity index (χ1v) is 5.71. The van der Waals surface area contributed by atoms with Gasteiger partial charge in [0.25, 0.3) is 0 Å². The third-order valence-electron chi connectivity index (χ3n) is 2.44. The summed E-state index contributed by atoms with van der Waals surface area (Å²) >= 11 is 1.10. The maximum absolute atomic E-state index is 13.1. The first-order chi connectivity index (χ1) is 8.28. The minimum atomic E-state index is -0.282. The molecule has 1 N–H and O–H groups in total. The predicted molar refractivity (Wildman–Crippen MR) is 64.6 cm³/mol. The predicted octanol–water partition coefficient (Wildman–Crippen LogP) is 3.13. The van der Waals surface area contributed by atoms with Gasteiger partial charge in [0.05, 0.1) is 11.7 Å². The number of anilines is 1. The van der Waals surface area contributed by atoms with Crippen molar-refractivity contribution in [2.45, 2.75) is 0 Å². The Morgan fingerprint density at radius 3 is 3.00 bits per heavy atom. The molecule has 0 saturated carbocycles. The summed E-state index contributed by atoms with van der Waals surface area (Å²) in [5.74, 6) is 0.966. The van der Waals surface area contributed by atoms with E-state index in [2.05, 4.69) is 14.1 Å². The second kappa shape index (κ2) is 3.81. The molecule has 2 aromatic heterocycles. The van der Waals surface area contributed by atoms with Crippen molar-refractivity contribution >= 4 is 28.5 Å². The molecule has 0 atom stereocenters. The zero-order valence-electron chi connectivity index (χ0n) is 8.90. The maximum atomic E-state index is 13.1. The molecular weight excluding hydrogens is 241 g/mol. The summed E-state index contributed by atoms with van der Waals surface area (Å²) in [5.41, 5.74) is 1.28. The highest BCUT2D eigenvalue weighted by Gasteiger charge is 2.14. The molecule has 3 rings (SSSR count). The topological polar surface area (TPSA) is 51.0 Å². The molecule has 0 aliphatic carbocycles. The SMILES string of the molecule is CNc1nsnc1-c1cc2cc(F)ccc2o1. The van der Waals surface area contributed by atoms with E-state index in [0.29, 0.717) is 22.9 Å². The minimum Gasteiger partial charge on any atom is -0.454 e. The van der Waals surface area contributed by atoms with E-state index in [1.165, 1.54) is 12.1 Å². The Bertz CT molecular complexity index is 676. The summed E-state index contributed by atoms with van der Waals surface area (Å²) in [6.07, 6.45) is 0. The molecule has 86 valence electrons. The quantitative estimate of drug-likeness (QED) is 0.758. The monoisotopic (exact) mass is 249 g/mol. The van der Waals surface area contributed by atoms with Crippen LogP contribution in [0.4, 0.5) is 10.2 Å². The summed E-state index contributed by atoms with van der Waals surface area (Å²) < 4.78 is 26.9. The Morgan fingerprint density at radius 1 is 1.29 bits per heavy atom. The van der Waals surface area contributed by atoms with Gasteiger partial charge in [-0.1, -0.05) is 0 Å². The lowest BCUT2D eigenvalue weighted by Crippen LogP contribution is -1.89. The van der Waals surface area contributed by atoms with Crippen LogP contribution in [0, 0.1) is 5.82 Å². The standard InChI is InChI=1S/C11H8FN3OS/c1-13-11-10(14-17-15-11)9-5-6-4-7(12)2-3-8(6)16-9/h2-5H,1H3,(H,13,15). The minimum absolute atomic E-state index is 0.282. The molecule has 4 nitrogen and oxygen atoms in total. The number of nitrogens with one attached hydrogen (secondary N) is 1. The van der Waals surface area contributed by atoms with Gasteiger partial charge in [0.15, 0.2) is 17.3 Å². The first-order valence-electron chi connectivity index (χ1n) is 4.97. The van der Waals surface area contributed by atoms with Gasteiger partial charge in [-0.3, -0.25) is 0 Å². The number of rotatable bonds is 2. The summed E-state index contributed by atoms with van der Waals surface area (Å²) in [6, 6.07) is 6.16. The second-order valence-electron chi connectivity index (χ2n) is 3.50. The summed E-state index contributed by atoms with van der Waals surface area (Å²) in [4.78, 5) is 0. The van der Waals surface area contributed by atoms with Crippen LogP contribution < -0.4 is 5.32 Å². The van der Waals surface area contributed by atoms with Gasteiger partial charge >= 0.3 is 0 Å². The van der Waals surface area contributed by atoms with Crippen molar-refractivity contribution in [1.82, 2.24) is 8.75 Å². The number of halogens is 1. The molecule has 0 amide bonds. The molecule has 0 radical (unpaired) electrons. The molecule has 0 aliphatic rings. The molecule has 0 aliphatic heterocycles. The number of fused-ring (bicyclic) bond motifs is 1. The molecule has 0 spiro atoms. The van der Waals surface area contributed by atoms with Crippen molar-refractivity contribution in [2.75, 3.05) is 12.4 Å². The summed E-state index contributed by atoms with van der Waals surface area (Å²) in [7, 11) is 1.77. The number of nitrogens with zero attached hydrogens (tertiary/aromatic N) is 2. The molecule has 0 fully saturated rings. The number of hydrogen-bond donors (Lipinski definition) is 1. The van der Waals surface area contributed by atoms with Gasteiger partial charge in [-0.25, -0.2) is 4.39 Å². The molecule has 2 heterocycles. The fourth-order valence-corrected chi connectivity index (χ4v) is 2.20. The smallest absolute Gasteiger partial charge is 0.171 e. The van der Waals surface area contributed by atoms with E-state index >= 15 is 0 Å². The second-order valence-corrected chi connectivity index (χ2v) is 4.03. The van der Waals surface area contributed by atoms with Gasteiger partial charge in [-0.05, 0) is 24.3 Å². The van der Waals surface area contributed by atoms with Crippen molar-refractivity contribution in [2.24, 2.45) is 0 Å². The third-order valence-corrected chi connectivity index (χ3v) is 2.97. The van der Waals surface area contributed by atoms with Gasteiger partial charge in [-0.2, -0.15) is 8.75 Å². The van der Waals surface area contributed by atoms with Crippen molar-refractivity contribution in [3.05, 3.63) is 30.1 Å². The number of benzene rings is 1. The van der Waals surface area contributed by atoms with Gasteiger partial charge < -0.3 is 9.73 Å². The van der Waals surface area contributed by atoms with E-state index in [4.69, 9.17) is 4.42 Å². The van der Waals surface area contributed by atoms with Gasteiger partial charge in [-0.15, -0.1) is 0 Å².